The molecule has 3 N–H and O–H groups in total. The van der Waals surface area contributed by atoms with Gasteiger partial charge >= 0.3 is 5.97 Å². The largest absolute Gasteiger partial charge is 0.480 e. The number of carboxylic acids is 1. The molecular weight excluding hydrogens is 232 g/mol. The fraction of sp³-hybridized carbons (Fsp3) is 0.231. The number of aromatic nitrogens is 1. The Morgan fingerprint density at radius 3 is 2.94 bits per heavy atom. The molecule has 1 amide bonds. The van der Waals surface area contributed by atoms with Gasteiger partial charge in [-0.2, -0.15) is 0 Å². The first-order valence-corrected chi connectivity index (χ1v) is 5.32. The van der Waals surface area contributed by atoms with Crippen LogP contribution >= 0.6 is 0 Å². The van der Waals surface area contributed by atoms with E-state index >= 15 is 0 Å². The molecule has 0 aliphatic rings. The highest BCUT2D eigenvalue weighted by molar-refractivity contribution is 5.90. The van der Waals surface area contributed by atoms with Crippen molar-refractivity contribution in [3.63, 3.8) is 0 Å². The van der Waals surface area contributed by atoms with Crippen molar-refractivity contribution in [2.75, 3.05) is 0 Å². The number of para-hydroxylation sites is 1. The van der Waals surface area contributed by atoms with Crippen molar-refractivity contribution in [3.05, 3.63) is 35.9 Å². The fourth-order valence-corrected chi connectivity index (χ4v) is 1.56. The van der Waals surface area contributed by atoms with E-state index in [0.717, 1.165) is 0 Å². The zero-order chi connectivity index (χ0) is 16.6. The van der Waals surface area contributed by atoms with E-state index in [-0.39, 0.29) is 41.5 Å². The van der Waals surface area contributed by atoms with Crippen molar-refractivity contribution >= 4 is 22.8 Å². The maximum absolute atomic E-state index is 11.8. The number of nitrogens with one attached hydrogen (secondary N) is 2. The molecule has 0 fully saturated rings. The molecule has 0 aliphatic heterocycles. The van der Waals surface area contributed by atoms with Gasteiger partial charge in [-0.25, -0.2) is 0 Å². The fourth-order valence-electron chi connectivity index (χ4n) is 1.56. The number of carboxylic acid groups (broad SMARTS) is 1. The maximum atomic E-state index is 11.8. The smallest absolute Gasteiger partial charge is 0.325 e. The number of H-pyrrole nitrogens is 1. The van der Waals surface area contributed by atoms with E-state index in [4.69, 9.17) is 10.6 Å². The minimum atomic E-state index is -1.16. The van der Waals surface area contributed by atoms with Gasteiger partial charge < -0.3 is 15.4 Å². The molecule has 0 saturated heterocycles. The molecule has 1 atom stereocenters. The number of fused-ring (bicyclic) bond motifs is 1. The number of amides is 1. The van der Waals surface area contributed by atoms with Crippen LogP contribution in [0, 0.1) is 0 Å². The molecule has 1 heterocycles. The first-order valence-electron chi connectivity index (χ1n) is 7.32. The average Bonchev–Trinajstić information content (AvgIpc) is 2.86. The van der Waals surface area contributed by atoms with Crippen molar-refractivity contribution in [1.29, 1.82) is 0 Å². The van der Waals surface area contributed by atoms with Crippen LogP contribution in [0.3, 0.4) is 0 Å². The van der Waals surface area contributed by atoms with Crippen molar-refractivity contribution in [2.45, 2.75) is 19.4 Å². The molecule has 0 bridgehead atoms. The van der Waals surface area contributed by atoms with Crippen LogP contribution in [0.15, 0.2) is 30.4 Å². The van der Waals surface area contributed by atoms with Gasteiger partial charge in [-0.05, 0) is 18.5 Å². The summed E-state index contributed by atoms with van der Waals surface area (Å²) in [5.74, 6) is -1.70. The summed E-state index contributed by atoms with van der Waals surface area (Å²) in [6.07, 6.45) is 1.25. The average molecular weight is 250 g/mol. The molecule has 2 rings (SSSR count). The summed E-state index contributed by atoms with van der Waals surface area (Å²) in [6.45, 7) is 1.33. The molecule has 0 unspecified atom stereocenters. The second-order valence-corrected chi connectivity index (χ2v) is 3.87. The number of carbonyl (C=O) groups excluding carboxylic acids is 1. The maximum Gasteiger partial charge on any atom is 0.325 e. The third-order valence-electron chi connectivity index (χ3n) is 2.50. The Balaban J connectivity index is 2.38. The molecule has 1 aromatic heterocycles. The Kier molecular flexibility index (Phi) is 2.16. The van der Waals surface area contributed by atoms with Gasteiger partial charge in [0.1, 0.15) is 6.04 Å². The van der Waals surface area contributed by atoms with Crippen LogP contribution in [0.5, 0.6) is 0 Å². The van der Waals surface area contributed by atoms with E-state index in [2.05, 4.69) is 10.3 Å². The summed E-state index contributed by atoms with van der Waals surface area (Å²) in [4.78, 5) is 25.3. The third kappa shape index (κ3) is 2.51. The first-order chi connectivity index (χ1) is 10.2. The van der Waals surface area contributed by atoms with E-state index in [0.29, 0.717) is 5.56 Å². The number of aromatic amines is 1. The molecule has 94 valence electrons. The lowest BCUT2D eigenvalue weighted by atomic mass is 10.1. The molecule has 0 spiro atoms. The molecule has 18 heavy (non-hydrogen) atoms. The van der Waals surface area contributed by atoms with Gasteiger partial charge in [-0.15, -0.1) is 0 Å². The standard InChI is InChI=1S/C13H14N2O3/c1-8(13(17)18)15-12(16)6-9-7-14-11-5-3-2-4-10(9)11/h2-5,7-8,14H,6H2,1H3,(H,15,16)(H,17,18)/t8-/m0/s1/i2D,3D,4D,5D. The van der Waals surface area contributed by atoms with Gasteiger partial charge in [0.2, 0.25) is 5.91 Å². The Morgan fingerprint density at radius 2 is 2.22 bits per heavy atom. The Labute approximate surface area is 109 Å². The van der Waals surface area contributed by atoms with Gasteiger partial charge in [0.05, 0.1) is 11.9 Å². The highest BCUT2D eigenvalue weighted by Crippen LogP contribution is 2.17. The number of hydrogen-bond acceptors (Lipinski definition) is 2. The number of carbonyl (C=O) groups is 2. The van der Waals surface area contributed by atoms with E-state index < -0.39 is 17.9 Å². The van der Waals surface area contributed by atoms with Crippen LogP contribution in [0.4, 0.5) is 0 Å². The van der Waals surface area contributed by atoms with Gasteiger partial charge in [-0.1, -0.05) is 18.1 Å². The predicted octanol–water partition coefficient (Wildman–Crippen LogP) is 1.30. The lowest BCUT2D eigenvalue weighted by molar-refractivity contribution is -0.141. The second-order valence-electron chi connectivity index (χ2n) is 3.87. The molecule has 0 saturated carbocycles. The summed E-state index contributed by atoms with van der Waals surface area (Å²) in [6, 6.07) is -2.20. The number of aliphatic carboxylic acids is 1. The molecule has 0 aliphatic carbocycles. The normalized spacial score (nSPS) is 15.4. The molecule has 2 aromatic rings. The summed E-state index contributed by atoms with van der Waals surface area (Å²) in [5.41, 5.74) is 0.608. The van der Waals surface area contributed by atoms with Crippen molar-refractivity contribution < 1.29 is 20.2 Å². The van der Waals surface area contributed by atoms with Crippen LogP contribution in [0.25, 0.3) is 10.9 Å². The highest BCUT2D eigenvalue weighted by Gasteiger charge is 2.15. The van der Waals surface area contributed by atoms with Crippen molar-refractivity contribution in [3.8, 4) is 0 Å². The number of benzene rings is 1. The van der Waals surface area contributed by atoms with E-state index in [1.165, 1.54) is 13.1 Å². The van der Waals surface area contributed by atoms with E-state index in [9.17, 15) is 9.59 Å². The minimum Gasteiger partial charge on any atom is -0.480 e. The summed E-state index contributed by atoms with van der Waals surface area (Å²) in [5, 5.41) is 11.3. The van der Waals surface area contributed by atoms with Gasteiger partial charge in [-0.3, -0.25) is 9.59 Å². The minimum absolute atomic E-state index is 0.181. The topological polar surface area (TPSA) is 82.2 Å². The molecule has 0 radical (unpaired) electrons. The zero-order valence-corrected chi connectivity index (χ0v) is 9.63. The van der Waals surface area contributed by atoms with Crippen molar-refractivity contribution in [1.82, 2.24) is 10.3 Å². The number of rotatable bonds is 4. The third-order valence-corrected chi connectivity index (χ3v) is 2.50. The summed E-state index contributed by atoms with van der Waals surface area (Å²) in [7, 11) is 0. The summed E-state index contributed by atoms with van der Waals surface area (Å²) < 4.78 is 31.0. The van der Waals surface area contributed by atoms with Crippen LogP contribution in [0.2, 0.25) is 0 Å². The monoisotopic (exact) mass is 250 g/mol. The number of hydrogen-bond donors (Lipinski definition) is 3. The van der Waals surface area contributed by atoms with Gasteiger partial charge in [0.25, 0.3) is 0 Å². The Morgan fingerprint density at radius 1 is 1.50 bits per heavy atom. The highest BCUT2D eigenvalue weighted by atomic mass is 16.4. The quantitative estimate of drug-likeness (QED) is 0.765. The van der Waals surface area contributed by atoms with Crippen LogP contribution in [-0.2, 0) is 16.0 Å². The van der Waals surface area contributed by atoms with Gasteiger partial charge in [0.15, 0.2) is 0 Å². The Bertz CT molecular complexity index is 772. The van der Waals surface area contributed by atoms with Crippen molar-refractivity contribution in [2.24, 2.45) is 0 Å². The van der Waals surface area contributed by atoms with Crippen LogP contribution < -0.4 is 5.32 Å². The SMILES string of the molecule is [2H]c1c([2H])c([2H])c2c(CC(=O)N[C@@H](C)C(=O)O)c[nH]c2c1[2H]. The molecule has 5 heteroatoms. The first kappa shape index (κ1) is 7.92. The van der Waals surface area contributed by atoms with E-state index in [1.807, 2.05) is 0 Å². The van der Waals surface area contributed by atoms with Crippen LogP contribution in [-0.4, -0.2) is 28.0 Å². The Hall–Kier alpha value is -2.30. The molecular formula is C13H14N2O3. The summed E-state index contributed by atoms with van der Waals surface area (Å²) >= 11 is 0. The molecule has 5 nitrogen and oxygen atoms in total. The lowest BCUT2D eigenvalue weighted by Gasteiger charge is -2.08. The van der Waals surface area contributed by atoms with E-state index in [1.54, 1.807) is 0 Å². The van der Waals surface area contributed by atoms with Crippen LogP contribution in [0.1, 0.15) is 18.0 Å². The second kappa shape index (κ2) is 4.91. The van der Waals surface area contributed by atoms with Gasteiger partial charge in [0, 0.05) is 17.1 Å². The zero-order valence-electron chi connectivity index (χ0n) is 13.6. The predicted molar refractivity (Wildman–Crippen MR) is 67.2 cm³/mol. The lowest BCUT2D eigenvalue weighted by Crippen LogP contribution is -2.39. The molecule has 1 aromatic carbocycles.